The van der Waals surface area contributed by atoms with Crippen LogP contribution in [0, 0.1) is 0 Å². The fourth-order valence-corrected chi connectivity index (χ4v) is 0.389. The molecular formula is C6H15NO. The summed E-state index contributed by atoms with van der Waals surface area (Å²) < 4.78 is 0. The molecule has 0 unspecified atom stereocenters. The molecule has 1 amide bonds. The minimum absolute atomic E-state index is 0. The van der Waals surface area contributed by atoms with E-state index in [0.29, 0.717) is 6.42 Å². The van der Waals surface area contributed by atoms with Crippen LogP contribution in [0.15, 0.2) is 0 Å². The van der Waals surface area contributed by atoms with E-state index in [4.69, 9.17) is 0 Å². The second kappa shape index (κ2) is 4.62. The first-order valence-corrected chi connectivity index (χ1v) is 3.08. The quantitative estimate of drug-likeness (QED) is 0.590. The molecule has 0 aliphatic rings. The second-order valence-corrected chi connectivity index (χ2v) is 1.70. The molecule has 0 fully saturated rings. The molecule has 0 aromatic heterocycles. The van der Waals surface area contributed by atoms with Gasteiger partial charge in [0, 0.05) is 14.4 Å². The smallest absolute Gasteiger partial charge is 0.219 e. The summed E-state index contributed by atoms with van der Waals surface area (Å²) in [5, 5.41) is 2.74. The molecule has 0 bridgehead atoms. The Morgan fingerprint density at radius 1 is 1.62 bits per heavy atom. The molecule has 0 aliphatic carbocycles. The molecule has 2 heteroatoms. The van der Waals surface area contributed by atoms with Gasteiger partial charge in [0.1, 0.15) is 0 Å². The Hall–Kier alpha value is -0.530. The van der Waals surface area contributed by atoms with Gasteiger partial charge in [0.15, 0.2) is 0 Å². The van der Waals surface area contributed by atoms with Gasteiger partial charge in [0.2, 0.25) is 5.91 Å². The summed E-state index contributed by atoms with van der Waals surface area (Å²) in [5.41, 5.74) is 0. The zero-order valence-electron chi connectivity index (χ0n) is 5.53. The van der Waals surface area contributed by atoms with Gasteiger partial charge in [-0.05, 0) is 6.42 Å². The molecule has 1 N–H and O–H groups in total. The van der Waals surface area contributed by atoms with E-state index in [9.17, 15) is 4.79 Å². The van der Waals surface area contributed by atoms with E-state index in [0.717, 1.165) is 13.0 Å². The van der Waals surface area contributed by atoms with E-state index in [-0.39, 0.29) is 7.33 Å². The number of carbonyl (C=O) groups excluding carboxylic acids is 1. The molecule has 8 heavy (non-hydrogen) atoms. The molecule has 0 heterocycles. The van der Waals surface area contributed by atoms with Crippen molar-refractivity contribution in [1.82, 2.24) is 5.32 Å². The Morgan fingerprint density at radius 3 is 2.62 bits per heavy atom. The summed E-state index contributed by atoms with van der Waals surface area (Å²) in [6.45, 7) is 4.70. The van der Waals surface area contributed by atoms with Crippen molar-refractivity contribution in [2.75, 3.05) is 6.54 Å². The third-order valence-electron chi connectivity index (χ3n) is 0.893. The highest BCUT2D eigenvalue weighted by Crippen LogP contribution is 1.75. The van der Waals surface area contributed by atoms with Crippen molar-refractivity contribution in [3.05, 3.63) is 0 Å². The third kappa shape index (κ3) is 3.65. The van der Waals surface area contributed by atoms with Gasteiger partial charge < -0.3 is 5.32 Å². The van der Waals surface area contributed by atoms with Crippen molar-refractivity contribution in [2.24, 2.45) is 0 Å². The number of amides is 1. The summed E-state index contributed by atoms with van der Waals surface area (Å²) in [4.78, 5) is 10.5. The largest absolute Gasteiger partial charge is 0.356 e. The molecule has 0 aliphatic heterocycles. The Labute approximate surface area is 51.8 Å². The Morgan fingerprint density at radius 2 is 2.25 bits per heavy atom. The molecule has 0 radical (unpaired) electrons. The summed E-state index contributed by atoms with van der Waals surface area (Å²) in [5.74, 6) is 0.145. The van der Waals surface area contributed by atoms with E-state index < -0.39 is 0 Å². The Balaban J connectivity index is 0. The average Bonchev–Trinajstić information content (AvgIpc) is 1.83. The van der Waals surface area contributed by atoms with Crippen molar-refractivity contribution in [3.8, 4) is 0 Å². The molecule has 2 nitrogen and oxygen atoms in total. The fourth-order valence-electron chi connectivity index (χ4n) is 0.389. The van der Waals surface area contributed by atoms with Gasteiger partial charge in [-0.15, -0.1) is 0 Å². The van der Waals surface area contributed by atoms with Gasteiger partial charge in [-0.25, -0.2) is 0 Å². The first-order valence-electron chi connectivity index (χ1n) is 3.08. The lowest BCUT2D eigenvalue weighted by atomic mass is 10.4. The van der Waals surface area contributed by atoms with Crippen LogP contribution in [0.4, 0.5) is 0 Å². The predicted molar refractivity (Wildman–Crippen MR) is 35.7 cm³/mol. The van der Waals surface area contributed by atoms with E-state index in [1.165, 1.54) is 0 Å². The minimum Gasteiger partial charge on any atom is -0.356 e. The highest BCUT2D eigenvalue weighted by atomic mass is 16.1. The maximum Gasteiger partial charge on any atom is 0.219 e. The topological polar surface area (TPSA) is 29.1 Å². The van der Waals surface area contributed by atoms with Gasteiger partial charge in [-0.1, -0.05) is 13.8 Å². The molecular weight excluding hydrogens is 102 g/mol. The zero-order chi connectivity index (χ0) is 6.41. The first-order chi connectivity index (χ1) is 3.81. The molecule has 0 spiro atoms. The van der Waals surface area contributed by atoms with Crippen LogP contribution in [-0.4, -0.2) is 12.5 Å². The van der Waals surface area contributed by atoms with Crippen LogP contribution >= 0.6 is 0 Å². The van der Waals surface area contributed by atoms with Crippen LogP contribution in [0.5, 0.6) is 0 Å². The standard InChI is InChI=1S/C6H13NO.H2/c1-3-5-7-6(8)4-2;/h3-5H2,1-2H3,(H,7,8);1H. The minimum atomic E-state index is 0. The SMILES string of the molecule is CCCNC(=O)CC.[HH]. The van der Waals surface area contributed by atoms with Gasteiger partial charge in [-0.3, -0.25) is 4.79 Å². The molecule has 50 valence electrons. The normalized spacial score (nSPS) is 8.75. The molecule has 0 saturated heterocycles. The van der Waals surface area contributed by atoms with E-state index in [2.05, 4.69) is 5.32 Å². The van der Waals surface area contributed by atoms with Crippen molar-refractivity contribution in [2.45, 2.75) is 26.7 Å². The van der Waals surface area contributed by atoms with Gasteiger partial charge >= 0.3 is 0 Å². The van der Waals surface area contributed by atoms with E-state index in [1.54, 1.807) is 0 Å². The molecule has 0 aromatic rings. The van der Waals surface area contributed by atoms with Crippen LogP contribution in [-0.2, 0) is 4.79 Å². The maximum absolute atomic E-state index is 10.5. The van der Waals surface area contributed by atoms with E-state index >= 15 is 0 Å². The summed E-state index contributed by atoms with van der Waals surface area (Å²) in [6.07, 6.45) is 1.62. The van der Waals surface area contributed by atoms with Gasteiger partial charge in [0.25, 0.3) is 0 Å². The lowest BCUT2D eigenvalue weighted by molar-refractivity contribution is -0.120. The lowest BCUT2D eigenvalue weighted by Gasteiger charge is -1.97. The van der Waals surface area contributed by atoms with Crippen molar-refractivity contribution in [3.63, 3.8) is 0 Å². The lowest BCUT2D eigenvalue weighted by Crippen LogP contribution is -2.22. The molecule has 0 aromatic carbocycles. The highest BCUT2D eigenvalue weighted by Gasteiger charge is 1.90. The third-order valence-corrected chi connectivity index (χ3v) is 0.893. The fraction of sp³-hybridized carbons (Fsp3) is 0.833. The summed E-state index contributed by atoms with van der Waals surface area (Å²) in [6, 6.07) is 0. The number of nitrogens with one attached hydrogen (secondary N) is 1. The monoisotopic (exact) mass is 117 g/mol. The number of carbonyl (C=O) groups is 1. The zero-order valence-corrected chi connectivity index (χ0v) is 5.53. The average molecular weight is 117 g/mol. The first kappa shape index (κ1) is 7.47. The van der Waals surface area contributed by atoms with Crippen LogP contribution in [0.1, 0.15) is 28.1 Å². The maximum atomic E-state index is 10.5. The summed E-state index contributed by atoms with van der Waals surface area (Å²) >= 11 is 0. The number of rotatable bonds is 3. The van der Waals surface area contributed by atoms with Crippen molar-refractivity contribution in [1.29, 1.82) is 0 Å². The van der Waals surface area contributed by atoms with Crippen LogP contribution < -0.4 is 5.32 Å². The van der Waals surface area contributed by atoms with Gasteiger partial charge in [0.05, 0.1) is 0 Å². The summed E-state index contributed by atoms with van der Waals surface area (Å²) in [7, 11) is 0. The van der Waals surface area contributed by atoms with Crippen LogP contribution in [0.3, 0.4) is 0 Å². The number of hydrogen-bond donors (Lipinski definition) is 1. The van der Waals surface area contributed by atoms with Crippen molar-refractivity contribution < 1.29 is 6.22 Å². The van der Waals surface area contributed by atoms with Crippen LogP contribution in [0.2, 0.25) is 0 Å². The van der Waals surface area contributed by atoms with Crippen molar-refractivity contribution >= 4 is 5.91 Å². The Kier molecular flexibility index (Phi) is 4.32. The molecule has 0 saturated carbocycles. The number of hydrogen-bond acceptors (Lipinski definition) is 1. The van der Waals surface area contributed by atoms with Gasteiger partial charge in [-0.2, -0.15) is 0 Å². The molecule has 0 atom stereocenters. The predicted octanol–water partition coefficient (Wildman–Crippen LogP) is 1.17. The molecule has 0 rings (SSSR count). The second-order valence-electron chi connectivity index (χ2n) is 1.70. The Bertz CT molecular complexity index is 75.5. The van der Waals surface area contributed by atoms with E-state index in [1.807, 2.05) is 13.8 Å². The van der Waals surface area contributed by atoms with Crippen LogP contribution in [0.25, 0.3) is 0 Å². The highest BCUT2D eigenvalue weighted by molar-refractivity contribution is 5.75.